The first-order valence-electron chi connectivity index (χ1n) is 8.61. The predicted molar refractivity (Wildman–Crippen MR) is 91.8 cm³/mol. The Morgan fingerprint density at radius 2 is 1.96 bits per heavy atom. The van der Waals surface area contributed by atoms with Crippen molar-refractivity contribution >= 4 is 0 Å². The van der Waals surface area contributed by atoms with Crippen LogP contribution in [0.25, 0.3) is 0 Å². The molecule has 1 heterocycles. The van der Waals surface area contributed by atoms with Gasteiger partial charge in [-0.3, -0.25) is 4.84 Å². The number of hydrogen-bond acceptors (Lipinski definition) is 3. The van der Waals surface area contributed by atoms with Crippen LogP contribution in [0.1, 0.15) is 57.2 Å². The lowest BCUT2D eigenvalue weighted by molar-refractivity contribution is -0.182. The highest BCUT2D eigenvalue weighted by atomic mass is 16.7. The first-order valence-corrected chi connectivity index (χ1v) is 8.61. The van der Waals surface area contributed by atoms with Gasteiger partial charge in [0.15, 0.2) is 0 Å². The lowest BCUT2D eigenvalue weighted by Gasteiger charge is -2.46. The molecule has 0 spiro atoms. The van der Waals surface area contributed by atoms with E-state index in [1.54, 1.807) is 0 Å². The zero-order valence-corrected chi connectivity index (χ0v) is 15.2. The Bertz CT molecular complexity index is 660. The van der Waals surface area contributed by atoms with Crippen LogP contribution in [-0.4, -0.2) is 23.8 Å². The fraction of sp³-hybridized carbons (Fsp3) is 0.650. The van der Waals surface area contributed by atoms with Gasteiger partial charge in [-0.1, -0.05) is 26.0 Å². The molecule has 2 fully saturated rings. The minimum Gasteiger partial charge on any atom is -0.293 e. The number of hydroxylamine groups is 2. The van der Waals surface area contributed by atoms with E-state index in [0.717, 1.165) is 24.0 Å². The molecule has 1 saturated heterocycles. The van der Waals surface area contributed by atoms with Crippen molar-refractivity contribution in [2.45, 2.75) is 64.5 Å². The number of fused-ring (bicyclic) bond motifs is 1. The Hall–Kier alpha value is -1.37. The van der Waals surface area contributed by atoms with Gasteiger partial charge >= 0.3 is 0 Å². The highest BCUT2D eigenvalue weighted by molar-refractivity contribution is 5.42. The van der Waals surface area contributed by atoms with Crippen LogP contribution in [0.2, 0.25) is 0 Å². The SMILES string of the molecule is Cc1ccc(C2(C)CC(C)C3C(C2)C(C)(C)ON3C)cc1C#N. The maximum absolute atomic E-state index is 9.37. The predicted octanol–water partition coefficient (Wildman–Crippen LogP) is 4.19. The van der Waals surface area contributed by atoms with Crippen LogP contribution in [0, 0.1) is 30.1 Å². The van der Waals surface area contributed by atoms with Gasteiger partial charge in [0.05, 0.1) is 17.2 Å². The summed E-state index contributed by atoms with van der Waals surface area (Å²) in [4.78, 5) is 6.14. The van der Waals surface area contributed by atoms with Crippen LogP contribution in [0.5, 0.6) is 0 Å². The molecule has 0 N–H and O–H groups in total. The van der Waals surface area contributed by atoms with E-state index in [-0.39, 0.29) is 11.0 Å². The Morgan fingerprint density at radius 3 is 2.61 bits per heavy atom. The van der Waals surface area contributed by atoms with E-state index < -0.39 is 0 Å². The second-order valence-corrected chi connectivity index (χ2v) is 8.43. The Labute approximate surface area is 140 Å². The van der Waals surface area contributed by atoms with Crippen molar-refractivity contribution in [3.63, 3.8) is 0 Å². The molecule has 23 heavy (non-hydrogen) atoms. The van der Waals surface area contributed by atoms with Crippen molar-refractivity contribution in [1.29, 1.82) is 5.26 Å². The van der Waals surface area contributed by atoms with E-state index in [1.807, 2.05) is 6.92 Å². The molecule has 1 aromatic carbocycles. The summed E-state index contributed by atoms with van der Waals surface area (Å²) < 4.78 is 0. The van der Waals surface area contributed by atoms with Gasteiger partial charge in [0.1, 0.15) is 0 Å². The van der Waals surface area contributed by atoms with Crippen LogP contribution in [-0.2, 0) is 10.3 Å². The summed E-state index contributed by atoms with van der Waals surface area (Å²) in [6.07, 6.45) is 2.24. The van der Waals surface area contributed by atoms with Gasteiger partial charge in [0.25, 0.3) is 0 Å². The van der Waals surface area contributed by atoms with Gasteiger partial charge in [0, 0.05) is 19.0 Å². The molecule has 124 valence electrons. The quantitative estimate of drug-likeness (QED) is 0.780. The summed E-state index contributed by atoms with van der Waals surface area (Å²) in [6, 6.07) is 9.24. The van der Waals surface area contributed by atoms with Crippen LogP contribution in [0.4, 0.5) is 0 Å². The topological polar surface area (TPSA) is 36.3 Å². The third-order valence-corrected chi connectivity index (χ3v) is 6.19. The van der Waals surface area contributed by atoms with E-state index in [4.69, 9.17) is 4.84 Å². The molecule has 1 aromatic rings. The summed E-state index contributed by atoms with van der Waals surface area (Å²) in [7, 11) is 2.07. The second kappa shape index (κ2) is 5.33. The Kier molecular flexibility index (Phi) is 3.82. The zero-order chi connectivity index (χ0) is 17.0. The Balaban J connectivity index is 1.99. The van der Waals surface area contributed by atoms with E-state index in [2.05, 4.69) is 64.1 Å². The molecule has 4 atom stereocenters. The third kappa shape index (κ3) is 2.58. The van der Waals surface area contributed by atoms with Crippen LogP contribution >= 0.6 is 0 Å². The molecule has 0 amide bonds. The molecule has 3 nitrogen and oxygen atoms in total. The monoisotopic (exact) mass is 312 g/mol. The molecule has 0 aromatic heterocycles. The molecular formula is C20H28N2O. The van der Waals surface area contributed by atoms with Gasteiger partial charge in [-0.15, -0.1) is 0 Å². The van der Waals surface area contributed by atoms with Crippen molar-refractivity contribution in [2.75, 3.05) is 7.05 Å². The molecule has 1 aliphatic heterocycles. The van der Waals surface area contributed by atoms with Gasteiger partial charge in [-0.25, -0.2) is 0 Å². The van der Waals surface area contributed by atoms with Gasteiger partial charge < -0.3 is 0 Å². The smallest absolute Gasteiger partial charge is 0.0994 e. The Morgan fingerprint density at radius 1 is 1.26 bits per heavy atom. The average Bonchev–Trinajstić information content (AvgIpc) is 2.68. The summed E-state index contributed by atoms with van der Waals surface area (Å²) in [5.74, 6) is 1.07. The molecular weight excluding hydrogens is 284 g/mol. The largest absolute Gasteiger partial charge is 0.293 e. The molecule has 1 aliphatic carbocycles. The van der Waals surface area contributed by atoms with Crippen LogP contribution in [0.3, 0.4) is 0 Å². The van der Waals surface area contributed by atoms with Gasteiger partial charge in [-0.05, 0) is 62.1 Å². The lowest BCUT2D eigenvalue weighted by atomic mass is 9.59. The highest BCUT2D eigenvalue weighted by Crippen LogP contribution is 2.53. The van der Waals surface area contributed by atoms with Crippen molar-refractivity contribution in [3.8, 4) is 6.07 Å². The van der Waals surface area contributed by atoms with E-state index in [0.29, 0.717) is 17.9 Å². The molecule has 3 heteroatoms. The maximum Gasteiger partial charge on any atom is 0.0994 e. The van der Waals surface area contributed by atoms with Gasteiger partial charge in [-0.2, -0.15) is 10.3 Å². The van der Waals surface area contributed by atoms with Crippen molar-refractivity contribution in [2.24, 2.45) is 11.8 Å². The van der Waals surface area contributed by atoms with Gasteiger partial charge in [0.2, 0.25) is 0 Å². The summed E-state index contributed by atoms with van der Waals surface area (Å²) in [5, 5.41) is 11.5. The third-order valence-electron chi connectivity index (χ3n) is 6.19. The summed E-state index contributed by atoms with van der Waals surface area (Å²) in [6.45, 7) is 11.1. The number of hydrogen-bond donors (Lipinski definition) is 0. The number of rotatable bonds is 1. The summed E-state index contributed by atoms with van der Waals surface area (Å²) in [5.41, 5.74) is 3.14. The first kappa shape index (κ1) is 16.5. The molecule has 3 rings (SSSR count). The molecule has 1 saturated carbocycles. The normalized spacial score (nSPS) is 36.5. The number of nitrogens with zero attached hydrogens (tertiary/aromatic N) is 2. The minimum absolute atomic E-state index is 0.103. The molecule has 0 radical (unpaired) electrons. The maximum atomic E-state index is 9.37. The van der Waals surface area contributed by atoms with E-state index >= 15 is 0 Å². The zero-order valence-electron chi connectivity index (χ0n) is 15.2. The van der Waals surface area contributed by atoms with Crippen molar-refractivity contribution < 1.29 is 4.84 Å². The van der Waals surface area contributed by atoms with Crippen LogP contribution < -0.4 is 0 Å². The molecule has 0 bridgehead atoms. The minimum atomic E-state index is -0.127. The second-order valence-electron chi connectivity index (χ2n) is 8.43. The fourth-order valence-corrected chi connectivity index (χ4v) is 5.04. The van der Waals surface area contributed by atoms with Crippen LogP contribution in [0.15, 0.2) is 18.2 Å². The number of aryl methyl sites for hydroxylation is 1. The molecule has 4 unspecified atom stereocenters. The standard InChI is InChI=1S/C20H28N2O/c1-13-7-8-16(9-15(13)12-21)20(5)10-14(2)18-17(11-20)19(3,4)23-22(18)6/h7-9,14,17-18H,10-11H2,1-6H3. The number of benzene rings is 1. The fourth-order valence-electron chi connectivity index (χ4n) is 5.04. The first-order chi connectivity index (χ1) is 10.7. The summed E-state index contributed by atoms with van der Waals surface area (Å²) >= 11 is 0. The molecule has 2 aliphatic rings. The van der Waals surface area contributed by atoms with Crippen molar-refractivity contribution in [3.05, 3.63) is 34.9 Å². The number of nitriles is 1. The van der Waals surface area contributed by atoms with E-state index in [9.17, 15) is 5.26 Å². The highest BCUT2D eigenvalue weighted by Gasteiger charge is 2.55. The lowest BCUT2D eigenvalue weighted by Crippen LogP contribution is -2.48. The van der Waals surface area contributed by atoms with E-state index in [1.165, 1.54) is 5.56 Å². The van der Waals surface area contributed by atoms with Crippen molar-refractivity contribution in [1.82, 2.24) is 5.06 Å². The average molecular weight is 312 g/mol.